The highest BCUT2D eigenvalue weighted by atomic mass is 16.4. The van der Waals surface area contributed by atoms with Gasteiger partial charge in [-0.3, -0.25) is 4.79 Å². The summed E-state index contributed by atoms with van der Waals surface area (Å²) in [5.41, 5.74) is 2.53. The topological polar surface area (TPSA) is 86.3 Å². The quantitative estimate of drug-likeness (QED) is 0.590. The van der Waals surface area contributed by atoms with Gasteiger partial charge in [-0.25, -0.2) is 4.98 Å². The van der Waals surface area contributed by atoms with Gasteiger partial charge in [0.1, 0.15) is 5.82 Å². The number of nitrogens with zero attached hydrogens (tertiary/aromatic N) is 1. The van der Waals surface area contributed by atoms with Crippen molar-refractivity contribution in [3.05, 3.63) is 53.7 Å². The summed E-state index contributed by atoms with van der Waals surface area (Å²) in [5.74, 6) is 0.499. The number of benzene rings is 1. The molecule has 2 aliphatic rings. The number of fused-ring (bicyclic) bond motifs is 1. The third-order valence-electron chi connectivity index (χ3n) is 6.16. The molecule has 6 heteroatoms. The largest absolute Gasteiger partial charge is 0.481 e. The Morgan fingerprint density at radius 1 is 1.32 bits per heavy atom. The molecule has 2 aromatic rings. The molecule has 28 heavy (non-hydrogen) atoms. The van der Waals surface area contributed by atoms with Gasteiger partial charge in [-0.1, -0.05) is 31.2 Å². The van der Waals surface area contributed by atoms with Crippen molar-refractivity contribution >= 4 is 17.5 Å². The van der Waals surface area contributed by atoms with Crippen molar-refractivity contribution in [1.29, 1.82) is 0 Å². The number of carboxylic acid groups (broad SMARTS) is 1. The first kappa shape index (κ1) is 18.7. The van der Waals surface area contributed by atoms with Gasteiger partial charge >= 0.3 is 5.97 Å². The fourth-order valence-corrected chi connectivity index (χ4v) is 3.93. The third kappa shape index (κ3) is 3.56. The highest BCUT2D eigenvalue weighted by Crippen LogP contribution is 2.48. The Labute approximate surface area is 165 Å². The molecule has 0 amide bonds. The molecule has 1 aromatic carbocycles. The van der Waals surface area contributed by atoms with Crippen LogP contribution >= 0.6 is 0 Å². The number of pyridine rings is 1. The summed E-state index contributed by atoms with van der Waals surface area (Å²) in [4.78, 5) is 16.0. The molecule has 1 fully saturated rings. The molecule has 0 saturated heterocycles. The van der Waals surface area contributed by atoms with Gasteiger partial charge in [0.2, 0.25) is 0 Å². The number of rotatable bonds is 7. The van der Waals surface area contributed by atoms with Crippen molar-refractivity contribution in [1.82, 2.24) is 10.3 Å². The minimum atomic E-state index is -0.700. The van der Waals surface area contributed by atoms with Gasteiger partial charge in [0, 0.05) is 25.3 Å². The lowest BCUT2D eigenvalue weighted by atomic mass is 9.91. The lowest BCUT2D eigenvalue weighted by Crippen LogP contribution is -2.48. The molecular weight excluding hydrogens is 352 g/mol. The normalized spacial score (nSPS) is 21.6. The lowest BCUT2D eigenvalue weighted by Gasteiger charge is -2.32. The monoisotopic (exact) mass is 380 g/mol. The maximum atomic E-state index is 11.6. The van der Waals surface area contributed by atoms with E-state index in [1.807, 2.05) is 24.3 Å². The Balaban J connectivity index is 1.36. The average Bonchev–Trinajstić information content (AvgIpc) is 3.54. The number of hydrogen-bond donors (Lipinski definition) is 4. The number of aromatic nitrogens is 1. The van der Waals surface area contributed by atoms with E-state index >= 15 is 0 Å². The van der Waals surface area contributed by atoms with Crippen molar-refractivity contribution in [2.45, 2.75) is 50.1 Å². The molecule has 0 bridgehead atoms. The first-order valence-electron chi connectivity index (χ1n) is 10.0. The Kier molecular flexibility index (Phi) is 4.98. The lowest BCUT2D eigenvalue weighted by molar-refractivity contribution is -0.140. The van der Waals surface area contributed by atoms with Crippen molar-refractivity contribution in [3.63, 3.8) is 0 Å². The van der Waals surface area contributed by atoms with Crippen LogP contribution in [-0.2, 0) is 10.2 Å². The van der Waals surface area contributed by atoms with E-state index in [0.29, 0.717) is 5.92 Å². The van der Waals surface area contributed by atoms with Gasteiger partial charge in [0.15, 0.2) is 0 Å². The maximum Gasteiger partial charge on any atom is 0.314 e. The molecule has 0 unspecified atom stereocenters. The van der Waals surface area contributed by atoms with E-state index in [-0.39, 0.29) is 12.1 Å². The molecule has 1 aliphatic heterocycles. The number of aliphatic carboxylic acids is 1. The predicted molar refractivity (Wildman–Crippen MR) is 111 cm³/mol. The zero-order chi connectivity index (χ0) is 19.7. The molecule has 6 nitrogen and oxygen atoms in total. The second-order valence-corrected chi connectivity index (χ2v) is 8.14. The molecule has 1 saturated carbocycles. The zero-order valence-corrected chi connectivity index (χ0v) is 16.4. The van der Waals surface area contributed by atoms with Crippen LogP contribution in [0.3, 0.4) is 0 Å². The van der Waals surface area contributed by atoms with Gasteiger partial charge in [-0.05, 0) is 48.9 Å². The minimum Gasteiger partial charge on any atom is -0.481 e. The fourth-order valence-electron chi connectivity index (χ4n) is 3.93. The summed E-state index contributed by atoms with van der Waals surface area (Å²) < 4.78 is 0. The van der Waals surface area contributed by atoms with E-state index in [1.165, 1.54) is 5.56 Å². The predicted octanol–water partition coefficient (Wildman–Crippen LogP) is 3.19. The van der Waals surface area contributed by atoms with Crippen LogP contribution in [0.1, 0.15) is 43.7 Å². The smallest absolute Gasteiger partial charge is 0.314 e. The van der Waals surface area contributed by atoms with E-state index in [1.54, 1.807) is 6.20 Å². The number of nitrogens with one attached hydrogen (secondary N) is 3. The summed E-state index contributed by atoms with van der Waals surface area (Å²) in [6.45, 7) is 6.04. The first-order chi connectivity index (χ1) is 13.5. The van der Waals surface area contributed by atoms with E-state index in [9.17, 15) is 9.90 Å². The highest BCUT2D eigenvalue weighted by molar-refractivity contribution is 5.85. The standard InChI is InChI=1S/C22H28N4O2/c1-14(16-5-3-6-17(11-16)22(8-9-22)21(27)28)12-24-15(2)19-13-25-18-7-4-10-23-20(18)26-19/h3-7,10-11,14-15,19,24-25H,8-9,12-13H2,1-2H3,(H,23,26)(H,27,28)/t14-,15+,19+/m0/s1. The average molecular weight is 380 g/mol. The van der Waals surface area contributed by atoms with E-state index in [2.05, 4.69) is 46.9 Å². The Bertz CT molecular complexity index is 865. The fraction of sp³-hybridized carbons (Fsp3) is 0.455. The van der Waals surface area contributed by atoms with Crippen LogP contribution in [0.5, 0.6) is 0 Å². The van der Waals surface area contributed by atoms with Crippen LogP contribution in [-0.4, -0.2) is 41.2 Å². The van der Waals surface area contributed by atoms with Gasteiger partial charge in [0.05, 0.1) is 17.1 Å². The summed E-state index contributed by atoms with van der Waals surface area (Å²) in [6, 6.07) is 12.6. The van der Waals surface area contributed by atoms with E-state index in [4.69, 9.17) is 0 Å². The number of carbonyl (C=O) groups is 1. The van der Waals surface area contributed by atoms with Gasteiger partial charge in [-0.2, -0.15) is 0 Å². The van der Waals surface area contributed by atoms with Crippen molar-refractivity contribution in [2.75, 3.05) is 23.7 Å². The van der Waals surface area contributed by atoms with Crippen molar-refractivity contribution < 1.29 is 9.90 Å². The summed E-state index contributed by atoms with van der Waals surface area (Å²) >= 11 is 0. The van der Waals surface area contributed by atoms with Crippen molar-refractivity contribution in [2.24, 2.45) is 0 Å². The van der Waals surface area contributed by atoms with Gasteiger partial charge in [-0.15, -0.1) is 0 Å². The molecule has 0 spiro atoms. The second kappa shape index (κ2) is 7.43. The van der Waals surface area contributed by atoms with Crippen LogP contribution < -0.4 is 16.0 Å². The molecule has 1 aliphatic carbocycles. The van der Waals surface area contributed by atoms with Gasteiger partial charge < -0.3 is 21.1 Å². The van der Waals surface area contributed by atoms with Crippen LogP contribution in [0.4, 0.5) is 11.5 Å². The first-order valence-corrected chi connectivity index (χ1v) is 10.0. The van der Waals surface area contributed by atoms with Crippen LogP contribution in [0.15, 0.2) is 42.6 Å². The molecule has 1 aromatic heterocycles. The number of carboxylic acids is 1. The van der Waals surface area contributed by atoms with Gasteiger partial charge in [0.25, 0.3) is 0 Å². The summed E-state index contributed by atoms with van der Waals surface area (Å²) in [7, 11) is 0. The Morgan fingerprint density at radius 3 is 2.89 bits per heavy atom. The Morgan fingerprint density at radius 2 is 2.14 bits per heavy atom. The summed E-state index contributed by atoms with van der Waals surface area (Å²) in [6.07, 6.45) is 3.28. The molecule has 2 heterocycles. The van der Waals surface area contributed by atoms with Crippen LogP contribution in [0, 0.1) is 0 Å². The minimum absolute atomic E-state index is 0.252. The highest BCUT2D eigenvalue weighted by Gasteiger charge is 2.51. The molecule has 4 N–H and O–H groups in total. The molecule has 3 atom stereocenters. The van der Waals surface area contributed by atoms with E-state index in [0.717, 1.165) is 43.0 Å². The van der Waals surface area contributed by atoms with Crippen LogP contribution in [0.2, 0.25) is 0 Å². The molecular formula is C22H28N4O2. The van der Waals surface area contributed by atoms with Crippen molar-refractivity contribution in [3.8, 4) is 0 Å². The summed E-state index contributed by atoms with van der Waals surface area (Å²) in [5, 5.41) is 20.1. The second-order valence-electron chi connectivity index (χ2n) is 8.14. The SMILES string of the molecule is C[C@@H](CN[C@H](C)[C@H]1CNc2cccnc2N1)c1cccc(C2(C(=O)O)CC2)c1. The van der Waals surface area contributed by atoms with Crippen LogP contribution in [0.25, 0.3) is 0 Å². The molecule has 148 valence electrons. The number of hydrogen-bond acceptors (Lipinski definition) is 5. The van der Waals surface area contributed by atoms with E-state index < -0.39 is 11.4 Å². The zero-order valence-electron chi connectivity index (χ0n) is 16.4. The molecule has 4 rings (SSSR count). The number of anilines is 2. The third-order valence-corrected chi connectivity index (χ3v) is 6.16. The maximum absolute atomic E-state index is 11.6. The molecule has 0 radical (unpaired) electrons. The Hall–Kier alpha value is -2.60.